The molecule has 2 aromatic carbocycles. The predicted molar refractivity (Wildman–Crippen MR) is 111 cm³/mol. The Balaban J connectivity index is 1.95. The lowest BCUT2D eigenvalue weighted by Crippen LogP contribution is -2.02. The normalized spacial score (nSPS) is 11.1. The first-order valence-electron chi connectivity index (χ1n) is 9.17. The summed E-state index contributed by atoms with van der Waals surface area (Å²) >= 11 is 0. The van der Waals surface area contributed by atoms with E-state index in [1.165, 1.54) is 31.4 Å². The molecule has 0 spiro atoms. The maximum atomic E-state index is 12.0. The maximum Gasteiger partial charge on any atom is 0.163 e. The van der Waals surface area contributed by atoms with Crippen LogP contribution in [0.3, 0.4) is 0 Å². The number of allylic oxidation sites excluding steroid dienone is 2. The molecule has 0 unspecified atom stereocenters. The number of phenols is 2. The number of phenolic OH excluding ortho intramolecular Hbond substituents is 2. The Morgan fingerprint density at radius 1 is 0.897 bits per heavy atom. The molecule has 0 aliphatic rings. The van der Waals surface area contributed by atoms with Gasteiger partial charge in [-0.15, -0.1) is 0 Å². The molecule has 0 aromatic heterocycles. The molecule has 6 heteroatoms. The molecule has 6 nitrogen and oxygen atoms in total. The molecule has 0 heterocycles. The van der Waals surface area contributed by atoms with E-state index in [0.29, 0.717) is 29.2 Å². The van der Waals surface area contributed by atoms with Gasteiger partial charge in [-0.25, -0.2) is 0 Å². The highest BCUT2D eigenvalue weighted by molar-refractivity contribution is 6.10. The van der Waals surface area contributed by atoms with Gasteiger partial charge in [-0.2, -0.15) is 0 Å². The number of ether oxygens (including phenoxy) is 2. The van der Waals surface area contributed by atoms with Crippen LogP contribution in [0.15, 0.2) is 48.6 Å². The third-order valence-electron chi connectivity index (χ3n) is 3.92. The van der Waals surface area contributed by atoms with E-state index in [-0.39, 0.29) is 29.5 Å². The molecule has 2 aromatic rings. The summed E-state index contributed by atoms with van der Waals surface area (Å²) in [6.45, 7) is 2.44. The van der Waals surface area contributed by atoms with Crippen LogP contribution in [0, 0.1) is 0 Å². The molecule has 0 aliphatic heterocycles. The SMILES string of the molecule is CCCOc1cc(/C=C/C(=O)CC(=O)/C=C/c2ccc(O)c(OC)c2)ccc1O. The number of ketones is 2. The van der Waals surface area contributed by atoms with Crippen molar-refractivity contribution in [3.8, 4) is 23.0 Å². The monoisotopic (exact) mass is 396 g/mol. The van der Waals surface area contributed by atoms with Gasteiger partial charge in [0.2, 0.25) is 0 Å². The number of hydrogen-bond donors (Lipinski definition) is 2. The highest BCUT2D eigenvalue weighted by Crippen LogP contribution is 2.28. The average molecular weight is 396 g/mol. The lowest BCUT2D eigenvalue weighted by Gasteiger charge is -2.07. The van der Waals surface area contributed by atoms with E-state index < -0.39 is 0 Å². The zero-order valence-electron chi connectivity index (χ0n) is 16.4. The summed E-state index contributed by atoms with van der Waals surface area (Å²) < 4.78 is 10.5. The second kappa shape index (κ2) is 10.7. The van der Waals surface area contributed by atoms with Gasteiger partial charge in [0, 0.05) is 0 Å². The lowest BCUT2D eigenvalue weighted by atomic mass is 10.1. The topological polar surface area (TPSA) is 93.1 Å². The molecule has 0 amide bonds. The van der Waals surface area contributed by atoms with Crippen LogP contribution in [-0.2, 0) is 9.59 Å². The van der Waals surface area contributed by atoms with Crippen molar-refractivity contribution in [2.75, 3.05) is 13.7 Å². The van der Waals surface area contributed by atoms with Gasteiger partial charge >= 0.3 is 0 Å². The van der Waals surface area contributed by atoms with Crippen LogP contribution < -0.4 is 9.47 Å². The summed E-state index contributed by atoms with van der Waals surface area (Å²) in [6.07, 6.45) is 6.31. The largest absolute Gasteiger partial charge is 0.504 e. The molecule has 2 N–H and O–H groups in total. The summed E-state index contributed by atoms with van der Waals surface area (Å²) in [5.74, 6) is 0.0119. The van der Waals surface area contributed by atoms with Crippen molar-refractivity contribution in [1.29, 1.82) is 0 Å². The smallest absolute Gasteiger partial charge is 0.163 e. The van der Waals surface area contributed by atoms with Crippen molar-refractivity contribution in [3.63, 3.8) is 0 Å². The molecular formula is C23H24O6. The average Bonchev–Trinajstić information content (AvgIpc) is 2.71. The van der Waals surface area contributed by atoms with E-state index in [4.69, 9.17) is 9.47 Å². The van der Waals surface area contributed by atoms with Crippen molar-refractivity contribution in [2.24, 2.45) is 0 Å². The summed E-state index contributed by atoms with van der Waals surface area (Å²) in [7, 11) is 1.44. The first-order chi connectivity index (χ1) is 13.9. The molecule has 0 aliphatic carbocycles. The molecule has 2 rings (SSSR count). The molecule has 0 saturated carbocycles. The molecule has 29 heavy (non-hydrogen) atoms. The van der Waals surface area contributed by atoms with Crippen LogP contribution in [0.25, 0.3) is 12.2 Å². The highest BCUT2D eigenvalue weighted by atomic mass is 16.5. The van der Waals surface area contributed by atoms with Gasteiger partial charge in [0.15, 0.2) is 34.6 Å². The van der Waals surface area contributed by atoms with Crippen LogP contribution in [0.4, 0.5) is 0 Å². The van der Waals surface area contributed by atoms with Crippen LogP contribution in [0.2, 0.25) is 0 Å². The van der Waals surface area contributed by atoms with Crippen molar-refractivity contribution < 1.29 is 29.3 Å². The minimum Gasteiger partial charge on any atom is -0.504 e. The van der Waals surface area contributed by atoms with Gasteiger partial charge in [-0.1, -0.05) is 31.2 Å². The van der Waals surface area contributed by atoms with E-state index >= 15 is 0 Å². The Hall–Kier alpha value is -3.54. The van der Waals surface area contributed by atoms with Crippen molar-refractivity contribution >= 4 is 23.7 Å². The van der Waals surface area contributed by atoms with Gasteiger partial charge in [0.1, 0.15) is 0 Å². The van der Waals surface area contributed by atoms with E-state index in [9.17, 15) is 19.8 Å². The minimum atomic E-state index is -0.343. The molecule has 0 saturated heterocycles. The number of hydrogen-bond acceptors (Lipinski definition) is 6. The van der Waals surface area contributed by atoms with Gasteiger partial charge < -0.3 is 19.7 Å². The highest BCUT2D eigenvalue weighted by Gasteiger charge is 2.06. The second-order valence-electron chi connectivity index (χ2n) is 6.28. The van der Waals surface area contributed by atoms with Crippen molar-refractivity contribution in [3.05, 3.63) is 59.7 Å². The summed E-state index contributed by atoms with van der Waals surface area (Å²) in [5.41, 5.74) is 1.35. The van der Waals surface area contributed by atoms with E-state index in [1.54, 1.807) is 36.4 Å². The zero-order valence-corrected chi connectivity index (χ0v) is 16.4. The van der Waals surface area contributed by atoms with Gasteiger partial charge in [-0.05, 0) is 54.0 Å². The summed E-state index contributed by atoms with van der Waals surface area (Å²) in [6, 6.07) is 9.46. The second-order valence-corrected chi connectivity index (χ2v) is 6.28. The Kier molecular flexibility index (Phi) is 8.03. The number of benzene rings is 2. The first-order valence-corrected chi connectivity index (χ1v) is 9.17. The fraction of sp³-hybridized carbons (Fsp3) is 0.217. The number of rotatable bonds is 10. The van der Waals surface area contributed by atoms with Crippen LogP contribution >= 0.6 is 0 Å². The number of aromatic hydroxyl groups is 2. The quantitative estimate of drug-likeness (QED) is 0.463. The maximum absolute atomic E-state index is 12.0. The molecule has 0 fully saturated rings. The van der Waals surface area contributed by atoms with Gasteiger partial charge in [-0.3, -0.25) is 9.59 Å². The third-order valence-corrected chi connectivity index (χ3v) is 3.92. The standard InChI is InChI=1S/C23H24O6/c1-3-12-29-23-14-17(7-11-21(23)27)5-9-19(25)15-18(24)8-4-16-6-10-20(26)22(13-16)28-2/h4-11,13-14,26-27H,3,12,15H2,1-2H3/b8-4+,9-5+. The summed E-state index contributed by atoms with van der Waals surface area (Å²) in [5, 5.41) is 19.3. The van der Waals surface area contributed by atoms with E-state index in [2.05, 4.69) is 0 Å². The number of methoxy groups -OCH3 is 1. The third kappa shape index (κ3) is 6.84. The Morgan fingerprint density at radius 3 is 1.93 bits per heavy atom. The number of carbonyl (C=O) groups excluding carboxylic acids is 2. The molecule has 0 bridgehead atoms. The predicted octanol–water partition coefficient (Wildman–Crippen LogP) is 4.15. The molecule has 152 valence electrons. The molecule has 0 radical (unpaired) electrons. The van der Waals surface area contributed by atoms with Crippen LogP contribution in [-0.4, -0.2) is 35.5 Å². The molecular weight excluding hydrogens is 372 g/mol. The Bertz CT molecular complexity index is 927. The fourth-order valence-electron chi connectivity index (χ4n) is 2.43. The minimum absolute atomic E-state index is 0.00812. The van der Waals surface area contributed by atoms with Crippen molar-refractivity contribution in [2.45, 2.75) is 19.8 Å². The van der Waals surface area contributed by atoms with Crippen molar-refractivity contribution in [1.82, 2.24) is 0 Å². The zero-order chi connectivity index (χ0) is 21.2. The Labute approximate surface area is 169 Å². The number of carbonyl (C=O) groups is 2. The summed E-state index contributed by atoms with van der Waals surface area (Å²) in [4.78, 5) is 24.0. The fourth-order valence-corrected chi connectivity index (χ4v) is 2.43. The van der Waals surface area contributed by atoms with Crippen LogP contribution in [0.1, 0.15) is 30.9 Å². The van der Waals surface area contributed by atoms with Gasteiger partial charge in [0.25, 0.3) is 0 Å². The van der Waals surface area contributed by atoms with Gasteiger partial charge in [0.05, 0.1) is 20.1 Å². The van der Waals surface area contributed by atoms with E-state index in [0.717, 1.165) is 6.42 Å². The van der Waals surface area contributed by atoms with E-state index in [1.807, 2.05) is 6.92 Å². The Morgan fingerprint density at radius 2 is 1.41 bits per heavy atom. The van der Waals surface area contributed by atoms with Crippen LogP contribution in [0.5, 0.6) is 23.0 Å². The first kappa shape index (κ1) is 21.8. The lowest BCUT2D eigenvalue weighted by molar-refractivity contribution is -0.121. The molecule has 0 atom stereocenters.